The lowest BCUT2D eigenvalue weighted by Crippen LogP contribution is -2.52. The monoisotopic (exact) mass is 356 g/mol. The third kappa shape index (κ3) is 4.76. The summed E-state index contributed by atoms with van der Waals surface area (Å²) in [4.78, 5) is 24.9. The van der Waals surface area contributed by atoms with Crippen LogP contribution in [0.2, 0.25) is 0 Å². The first-order chi connectivity index (χ1) is 11.3. The molecular weight excluding hydrogens is 336 g/mol. The predicted octanol–water partition coefficient (Wildman–Crippen LogP) is -0.0246. The van der Waals surface area contributed by atoms with Crippen molar-refractivity contribution in [2.45, 2.75) is 24.3 Å². The molecule has 0 bridgehead atoms. The van der Waals surface area contributed by atoms with E-state index in [-0.39, 0.29) is 4.90 Å². The van der Waals surface area contributed by atoms with Crippen molar-refractivity contribution in [3.05, 3.63) is 29.8 Å². The van der Waals surface area contributed by atoms with Crippen LogP contribution >= 0.6 is 0 Å². The summed E-state index contributed by atoms with van der Waals surface area (Å²) in [5.74, 6) is -1.82. The highest BCUT2D eigenvalue weighted by atomic mass is 32.2. The Hall–Kier alpha value is -1.97. The van der Waals surface area contributed by atoms with Crippen LogP contribution in [0.25, 0.3) is 0 Å². The van der Waals surface area contributed by atoms with E-state index in [2.05, 4.69) is 4.72 Å². The van der Waals surface area contributed by atoms with Crippen LogP contribution in [-0.4, -0.2) is 62.6 Å². The van der Waals surface area contributed by atoms with E-state index in [1.165, 1.54) is 17.0 Å². The average Bonchev–Trinajstić information content (AvgIpc) is 2.54. The number of rotatable bonds is 6. The van der Waals surface area contributed by atoms with Crippen molar-refractivity contribution in [1.82, 2.24) is 9.62 Å². The number of aliphatic carboxylic acids is 1. The molecule has 0 aromatic heterocycles. The second kappa shape index (κ2) is 7.73. The molecule has 1 unspecified atom stereocenters. The molecule has 9 heteroatoms. The average molecular weight is 356 g/mol. The van der Waals surface area contributed by atoms with Gasteiger partial charge in [0.15, 0.2) is 0 Å². The Morgan fingerprint density at radius 1 is 1.25 bits per heavy atom. The summed E-state index contributed by atoms with van der Waals surface area (Å²) in [6, 6.07) is 4.73. The van der Waals surface area contributed by atoms with Crippen molar-refractivity contribution in [3.63, 3.8) is 0 Å². The van der Waals surface area contributed by atoms with Crippen LogP contribution in [0, 0.1) is 6.92 Å². The minimum Gasteiger partial charge on any atom is -0.481 e. The molecule has 132 valence electrons. The van der Waals surface area contributed by atoms with Gasteiger partial charge >= 0.3 is 5.97 Å². The Morgan fingerprint density at radius 3 is 2.38 bits per heavy atom. The summed E-state index contributed by atoms with van der Waals surface area (Å²) in [5, 5.41) is 9.00. The van der Waals surface area contributed by atoms with Gasteiger partial charge < -0.3 is 14.7 Å². The molecule has 2 N–H and O–H groups in total. The van der Waals surface area contributed by atoms with Gasteiger partial charge in [0.1, 0.15) is 6.04 Å². The van der Waals surface area contributed by atoms with E-state index >= 15 is 0 Å². The number of carboxylic acid groups (broad SMARTS) is 1. The normalized spacial score (nSPS) is 16.6. The smallest absolute Gasteiger partial charge is 0.305 e. The molecule has 1 saturated heterocycles. The number of nitrogens with one attached hydrogen (secondary N) is 1. The van der Waals surface area contributed by atoms with Crippen molar-refractivity contribution in [2.75, 3.05) is 26.3 Å². The minimum atomic E-state index is -4.00. The van der Waals surface area contributed by atoms with Crippen molar-refractivity contribution in [1.29, 1.82) is 0 Å². The zero-order valence-corrected chi connectivity index (χ0v) is 14.1. The quantitative estimate of drug-likeness (QED) is 0.740. The SMILES string of the molecule is Cc1ccc(S(=O)(=O)NC(CC(=O)O)C(=O)N2CCOCC2)cc1. The van der Waals surface area contributed by atoms with Crippen molar-refractivity contribution in [3.8, 4) is 0 Å². The molecule has 2 rings (SSSR count). The summed E-state index contributed by atoms with van der Waals surface area (Å²) in [6.07, 6.45) is -0.624. The minimum absolute atomic E-state index is 0.0155. The van der Waals surface area contributed by atoms with Crippen LogP contribution in [0.3, 0.4) is 0 Å². The number of ether oxygens (including phenoxy) is 1. The number of carbonyl (C=O) groups is 2. The first-order valence-electron chi connectivity index (χ1n) is 7.47. The van der Waals surface area contributed by atoms with E-state index in [1.54, 1.807) is 12.1 Å². The Kier molecular flexibility index (Phi) is 5.92. The highest BCUT2D eigenvalue weighted by molar-refractivity contribution is 7.89. The van der Waals surface area contributed by atoms with E-state index in [0.717, 1.165) is 5.56 Å². The largest absolute Gasteiger partial charge is 0.481 e. The predicted molar refractivity (Wildman–Crippen MR) is 84.9 cm³/mol. The maximum atomic E-state index is 12.5. The van der Waals surface area contributed by atoms with Gasteiger partial charge in [-0.15, -0.1) is 0 Å². The molecule has 0 spiro atoms. The van der Waals surface area contributed by atoms with Crippen molar-refractivity contribution in [2.24, 2.45) is 0 Å². The molecule has 1 aromatic carbocycles. The third-order valence-corrected chi connectivity index (χ3v) is 5.12. The van der Waals surface area contributed by atoms with Gasteiger partial charge in [-0.05, 0) is 19.1 Å². The highest BCUT2D eigenvalue weighted by Gasteiger charge is 2.31. The van der Waals surface area contributed by atoms with Gasteiger partial charge in [0.2, 0.25) is 15.9 Å². The summed E-state index contributed by atoms with van der Waals surface area (Å²) >= 11 is 0. The number of sulfonamides is 1. The lowest BCUT2D eigenvalue weighted by Gasteiger charge is -2.30. The number of carbonyl (C=O) groups excluding carboxylic acids is 1. The molecular formula is C15H20N2O6S. The summed E-state index contributed by atoms with van der Waals surface area (Å²) in [6.45, 7) is 3.12. The van der Waals surface area contributed by atoms with Crippen molar-refractivity contribution < 1.29 is 27.9 Å². The molecule has 1 amide bonds. The molecule has 8 nitrogen and oxygen atoms in total. The van der Waals surface area contributed by atoms with E-state index in [4.69, 9.17) is 9.84 Å². The lowest BCUT2D eigenvalue weighted by atomic mass is 10.2. The fourth-order valence-electron chi connectivity index (χ4n) is 2.33. The first-order valence-corrected chi connectivity index (χ1v) is 8.95. The number of aryl methyl sites for hydroxylation is 1. The molecule has 1 atom stereocenters. The van der Waals surface area contributed by atoms with E-state index in [9.17, 15) is 18.0 Å². The van der Waals surface area contributed by atoms with Crippen LogP contribution in [0.5, 0.6) is 0 Å². The van der Waals surface area contributed by atoms with Crippen LogP contribution in [-0.2, 0) is 24.3 Å². The van der Waals surface area contributed by atoms with E-state index in [1.807, 2.05) is 6.92 Å². The van der Waals surface area contributed by atoms with Gasteiger partial charge in [-0.3, -0.25) is 9.59 Å². The van der Waals surface area contributed by atoms with Gasteiger partial charge in [-0.2, -0.15) is 4.72 Å². The molecule has 1 aliphatic heterocycles. The standard InChI is InChI=1S/C15H20N2O6S/c1-11-2-4-12(5-3-11)24(21,22)16-13(10-14(18)19)15(20)17-6-8-23-9-7-17/h2-5,13,16H,6-10H2,1H3,(H,18,19). The maximum Gasteiger partial charge on any atom is 0.305 e. The second-order valence-corrected chi connectivity index (χ2v) is 7.24. The first kappa shape index (κ1) is 18.4. The van der Waals surface area contributed by atoms with E-state index in [0.29, 0.717) is 26.3 Å². The van der Waals surface area contributed by atoms with Gasteiger partial charge in [0.05, 0.1) is 24.5 Å². The summed E-state index contributed by atoms with van der Waals surface area (Å²) in [7, 11) is -4.00. The van der Waals surface area contributed by atoms with E-state index < -0.39 is 34.4 Å². The second-order valence-electron chi connectivity index (χ2n) is 5.52. The number of nitrogens with zero attached hydrogens (tertiary/aromatic N) is 1. The summed E-state index contributed by atoms with van der Waals surface area (Å²) < 4.78 is 32.2. The molecule has 0 aliphatic carbocycles. The Morgan fingerprint density at radius 2 is 1.83 bits per heavy atom. The van der Waals surface area contributed by atoms with Gasteiger partial charge in [-0.1, -0.05) is 17.7 Å². The summed E-state index contributed by atoms with van der Waals surface area (Å²) in [5.41, 5.74) is 0.889. The number of morpholine rings is 1. The van der Waals surface area contributed by atoms with Crippen LogP contribution < -0.4 is 4.72 Å². The molecule has 1 aliphatic rings. The third-order valence-electron chi connectivity index (χ3n) is 3.63. The molecule has 0 saturated carbocycles. The number of hydrogen-bond acceptors (Lipinski definition) is 5. The van der Waals surface area contributed by atoms with Gasteiger partial charge in [0.25, 0.3) is 0 Å². The van der Waals surface area contributed by atoms with Crippen molar-refractivity contribution >= 4 is 21.9 Å². The molecule has 1 heterocycles. The number of hydrogen-bond donors (Lipinski definition) is 2. The fraction of sp³-hybridized carbons (Fsp3) is 0.467. The molecule has 24 heavy (non-hydrogen) atoms. The zero-order chi connectivity index (χ0) is 17.7. The number of carboxylic acids is 1. The molecule has 1 aromatic rings. The lowest BCUT2D eigenvalue weighted by molar-refractivity contribution is -0.144. The Balaban J connectivity index is 2.19. The fourth-order valence-corrected chi connectivity index (χ4v) is 3.52. The highest BCUT2D eigenvalue weighted by Crippen LogP contribution is 2.13. The number of benzene rings is 1. The van der Waals surface area contributed by atoms with Crippen LogP contribution in [0.4, 0.5) is 0 Å². The maximum absolute atomic E-state index is 12.5. The van der Waals surface area contributed by atoms with Crippen LogP contribution in [0.1, 0.15) is 12.0 Å². The van der Waals surface area contributed by atoms with Gasteiger partial charge in [-0.25, -0.2) is 8.42 Å². The molecule has 1 fully saturated rings. The van der Waals surface area contributed by atoms with Gasteiger partial charge in [0, 0.05) is 13.1 Å². The van der Waals surface area contributed by atoms with Crippen LogP contribution in [0.15, 0.2) is 29.2 Å². The zero-order valence-electron chi connectivity index (χ0n) is 13.3. The Labute approximate surface area is 140 Å². The molecule has 0 radical (unpaired) electrons. The topological polar surface area (TPSA) is 113 Å². The Bertz CT molecular complexity index is 695. The number of amides is 1.